The van der Waals surface area contributed by atoms with E-state index in [9.17, 15) is 4.39 Å². The Kier molecular flexibility index (Phi) is 3.35. The summed E-state index contributed by atoms with van der Waals surface area (Å²) < 4.78 is 19.7. The van der Waals surface area contributed by atoms with Crippen LogP contribution in [0.5, 0.6) is 0 Å². The number of ether oxygens (including phenoxy) is 1. The number of nitrogens with one attached hydrogen (secondary N) is 1. The van der Waals surface area contributed by atoms with Gasteiger partial charge in [0, 0.05) is 15.7 Å². The molecule has 0 aliphatic carbocycles. The minimum absolute atomic E-state index is 0.000694. The lowest BCUT2D eigenvalue weighted by molar-refractivity contribution is 0.0757. The zero-order valence-electron chi connectivity index (χ0n) is 7.59. The fourth-order valence-corrected chi connectivity index (χ4v) is 2.00. The Morgan fingerprint density at radius 3 is 3.00 bits per heavy atom. The highest BCUT2D eigenvalue weighted by Gasteiger charge is 2.18. The smallest absolute Gasteiger partial charge is 0.129 e. The molecule has 0 bridgehead atoms. The molecule has 1 atom stereocenters. The normalized spacial score (nSPS) is 22.3. The van der Waals surface area contributed by atoms with E-state index in [4.69, 9.17) is 4.74 Å². The lowest BCUT2D eigenvalue weighted by atomic mass is 10.1. The molecular formula is C10H11FINO. The monoisotopic (exact) mass is 307 g/mol. The number of hydrogen-bond donors (Lipinski definition) is 1. The average Bonchev–Trinajstić information content (AvgIpc) is 2.19. The van der Waals surface area contributed by atoms with E-state index >= 15 is 0 Å². The molecule has 14 heavy (non-hydrogen) atoms. The van der Waals surface area contributed by atoms with Gasteiger partial charge >= 0.3 is 0 Å². The molecule has 1 aliphatic heterocycles. The van der Waals surface area contributed by atoms with Crippen molar-refractivity contribution in [2.45, 2.75) is 6.04 Å². The molecule has 2 rings (SSSR count). The van der Waals surface area contributed by atoms with E-state index in [2.05, 4.69) is 27.9 Å². The maximum Gasteiger partial charge on any atom is 0.129 e. The Morgan fingerprint density at radius 2 is 2.36 bits per heavy atom. The fraction of sp³-hybridized carbons (Fsp3) is 0.400. The first-order valence-electron chi connectivity index (χ1n) is 4.53. The first-order chi connectivity index (χ1) is 6.77. The molecule has 0 radical (unpaired) electrons. The predicted octanol–water partition coefficient (Wildman–Crippen LogP) is 2.09. The summed E-state index contributed by atoms with van der Waals surface area (Å²) in [5, 5.41) is 3.23. The van der Waals surface area contributed by atoms with Crippen molar-refractivity contribution in [2.75, 3.05) is 19.8 Å². The van der Waals surface area contributed by atoms with Gasteiger partial charge in [0.1, 0.15) is 5.82 Å². The van der Waals surface area contributed by atoms with Crippen molar-refractivity contribution >= 4 is 22.6 Å². The van der Waals surface area contributed by atoms with Crippen LogP contribution in [0.1, 0.15) is 11.6 Å². The standard InChI is InChI=1S/C10H11FINO/c11-9-5-7(12)1-2-8(9)10-6-14-4-3-13-10/h1-2,5,10,13H,3-4,6H2. The maximum atomic E-state index is 13.5. The van der Waals surface area contributed by atoms with E-state index < -0.39 is 0 Å². The summed E-state index contributed by atoms with van der Waals surface area (Å²) in [6.45, 7) is 2.05. The second-order valence-electron chi connectivity index (χ2n) is 3.25. The summed E-state index contributed by atoms with van der Waals surface area (Å²) in [5.41, 5.74) is 0.699. The van der Waals surface area contributed by atoms with Gasteiger partial charge in [-0.05, 0) is 34.7 Å². The van der Waals surface area contributed by atoms with Crippen molar-refractivity contribution in [3.05, 3.63) is 33.1 Å². The second kappa shape index (κ2) is 4.55. The Labute approximate surface area is 96.0 Å². The van der Waals surface area contributed by atoms with Crippen LogP contribution in [0.2, 0.25) is 0 Å². The van der Waals surface area contributed by atoms with Gasteiger partial charge in [-0.2, -0.15) is 0 Å². The molecule has 1 aromatic carbocycles. The Hall–Kier alpha value is -0.200. The maximum absolute atomic E-state index is 13.5. The van der Waals surface area contributed by atoms with E-state index in [1.165, 1.54) is 0 Å². The number of halogens is 2. The number of benzene rings is 1. The zero-order valence-corrected chi connectivity index (χ0v) is 9.75. The average molecular weight is 307 g/mol. The van der Waals surface area contributed by atoms with Crippen LogP contribution in [0.25, 0.3) is 0 Å². The predicted molar refractivity (Wildman–Crippen MR) is 60.7 cm³/mol. The zero-order chi connectivity index (χ0) is 9.97. The van der Waals surface area contributed by atoms with Gasteiger partial charge in [0.25, 0.3) is 0 Å². The number of hydrogen-bond acceptors (Lipinski definition) is 2. The molecule has 76 valence electrons. The second-order valence-corrected chi connectivity index (χ2v) is 4.49. The fourth-order valence-electron chi connectivity index (χ4n) is 1.55. The van der Waals surface area contributed by atoms with Crippen LogP contribution in [0.15, 0.2) is 18.2 Å². The minimum Gasteiger partial charge on any atom is -0.378 e. The Bertz CT molecular complexity index is 326. The lowest BCUT2D eigenvalue weighted by Gasteiger charge is -2.24. The molecule has 1 aliphatic rings. The lowest BCUT2D eigenvalue weighted by Crippen LogP contribution is -2.35. The van der Waals surface area contributed by atoms with Crippen molar-refractivity contribution in [2.24, 2.45) is 0 Å². The van der Waals surface area contributed by atoms with E-state index in [-0.39, 0.29) is 11.9 Å². The molecule has 1 unspecified atom stereocenters. The Morgan fingerprint density at radius 1 is 1.50 bits per heavy atom. The molecule has 4 heteroatoms. The molecule has 0 spiro atoms. The van der Waals surface area contributed by atoms with Crippen LogP contribution < -0.4 is 5.32 Å². The van der Waals surface area contributed by atoms with Crippen LogP contribution in [0.4, 0.5) is 4.39 Å². The van der Waals surface area contributed by atoms with Crippen molar-refractivity contribution in [1.29, 1.82) is 0 Å². The van der Waals surface area contributed by atoms with E-state index in [0.717, 1.165) is 10.1 Å². The molecule has 1 fully saturated rings. The van der Waals surface area contributed by atoms with E-state index in [1.54, 1.807) is 6.07 Å². The van der Waals surface area contributed by atoms with Gasteiger partial charge < -0.3 is 10.1 Å². The summed E-state index contributed by atoms with van der Waals surface area (Å²) >= 11 is 2.10. The van der Waals surface area contributed by atoms with Gasteiger partial charge in [0.2, 0.25) is 0 Å². The Balaban J connectivity index is 2.22. The van der Waals surface area contributed by atoms with Crippen molar-refractivity contribution < 1.29 is 9.13 Å². The summed E-state index contributed by atoms with van der Waals surface area (Å²) in [6.07, 6.45) is 0. The highest BCUT2D eigenvalue weighted by molar-refractivity contribution is 14.1. The molecule has 1 saturated heterocycles. The third-order valence-electron chi connectivity index (χ3n) is 2.26. The highest BCUT2D eigenvalue weighted by atomic mass is 127. The summed E-state index contributed by atoms with van der Waals surface area (Å²) in [7, 11) is 0. The molecular weight excluding hydrogens is 296 g/mol. The van der Waals surface area contributed by atoms with Gasteiger partial charge in [0.05, 0.1) is 19.3 Å². The molecule has 1 heterocycles. The van der Waals surface area contributed by atoms with E-state index in [0.29, 0.717) is 18.8 Å². The van der Waals surface area contributed by atoms with E-state index in [1.807, 2.05) is 12.1 Å². The largest absolute Gasteiger partial charge is 0.378 e. The van der Waals surface area contributed by atoms with Crippen LogP contribution >= 0.6 is 22.6 Å². The summed E-state index contributed by atoms with van der Waals surface area (Å²) in [5.74, 6) is -0.153. The highest BCUT2D eigenvalue weighted by Crippen LogP contribution is 2.20. The van der Waals surface area contributed by atoms with Crippen molar-refractivity contribution in [3.8, 4) is 0 Å². The molecule has 2 nitrogen and oxygen atoms in total. The topological polar surface area (TPSA) is 21.3 Å². The quantitative estimate of drug-likeness (QED) is 0.802. The van der Waals surface area contributed by atoms with Gasteiger partial charge in [-0.25, -0.2) is 4.39 Å². The number of rotatable bonds is 1. The SMILES string of the molecule is Fc1cc(I)ccc1C1COCCN1. The van der Waals surface area contributed by atoms with Crippen LogP contribution in [0, 0.1) is 9.39 Å². The summed E-state index contributed by atoms with van der Waals surface area (Å²) in [6, 6.07) is 5.28. The van der Waals surface area contributed by atoms with Gasteiger partial charge in [0.15, 0.2) is 0 Å². The van der Waals surface area contributed by atoms with Gasteiger partial charge in [-0.1, -0.05) is 6.07 Å². The molecule has 0 amide bonds. The number of morpholine rings is 1. The minimum atomic E-state index is -0.153. The molecule has 0 aromatic heterocycles. The summed E-state index contributed by atoms with van der Waals surface area (Å²) in [4.78, 5) is 0. The van der Waals surface area contributed by atoms with Crippen LogP contribution in [-0.4, -0.2) is 19.8 Å². The molecule has 0 saturated carbocycles. The molecule has 1 aromatic rings. The van der Waals surface area contributed by atoms with Crippen molar-refractivity contribution in [3.63, 3.8) is 0 Å². The third-order valence-corrected chi connectivity index (χ3v) is 2.93. The van der Waals surface area contributed by atoms with Crippen LogP contribution in [-0.2, 0) is 4.74 Å². The van der Waals surface area contributed by atoms with Crippen LogP contribution in [0.3, 0.4) is 0 Å². The van der Waals surface area contributed by atoms with Crippen molar-refractivity contribution in [1.82, 2.24) is 5.32 Å². The molecule has 1 N–H and O–H groups in total. The third kappa shape index (κ3) is 2.24. The first-order valence-corrected chi connectivity index (χ1v) is 5.61. The first kappa shape index (κ1) is 10.3. The van der Waals surface area contributed by atoms with Gasteiger partial charge in [-0.3, -0.25) is 0 Å². The van der Waals surface area contributed by atoms with Gasteiger partial charge in [-0.15, -0.1) is 0 Å².